The van der Waals surface area contributed by atoms with Crippen LogP contribution in [0, 0.1) is 0 Å². The monoisotopic (exact) mass is 277 g/mol. The lowest BCUT2D eigenvalue weighted by molar-refractivity contribution is -0.137. The van der Waals surface area contributed by atoms with E-state index in [-0.39, 0.29) is 19.2 Å². The van der Waals surface area contributed by atoms with Crippen molar-refractivity contribution in [3.8, 4) is 0 Å². The van der Waals surface area contributed by atoms with Gasteiger partial charge >= 0.3 is 6.18 Å². The summed E-state index contributed by atoms with van der Waals surface area (Å²) in [5.74, 6) is 0. The summed E-state index contributed by atoms with van der Waals surface area (Å²) < 4.78 is 37.1. The molecule has 3 N–H and O–H groups in total. The van der Waals surface area contributed by atoms with Crippen molar-refractivity contribution in [2.75, 3.05) is 13.2 Å². The molecular weight excluding hydrogens is 259 g/mol. The van der Waals surface area contributed by atoms with Crippen LogP contribution in [0.2, 0.25) is 0 Å². The highest BCUT2D eigenvalue weighted by Crippen LogP contribution is 2.29. The first kappa shape index (κ1) is 15.9. The summed E-state index contributed by atoms with van der Waals surface area (Å²) in [6.45, 7) is 2.03. The Morgan fingerprint density at radius 3 is 2.21 bits per heavy atom. The van der Waals surface area contributed by atoms with Gasteiger partial charge in [0.2, 0.25) is 0 Å². The van der Waals surface area contributed by atoms with Gasteiger partial charge in [-0.3, -0.25) is 0 Å². The average molecular weight is 277 g/mol. The smallest absolute Gasteiger partial charge is 0.395 e. The predicted molar refractivity (Wildman–Crippen MR) is 65.6 cm³/mol. The summed E-state index contributed by atoms with van der Waals surface area (Å²) in [4.78, 5) is 0. The van der Waals surface area contributed by atoms with Gasteiger partial charge < -0.3 is 15.5 Å². The minimum absolute atomic E-state index is 0.0454. The fraction of sp³-hybridized carbons (Fsp3) is 0.538. The van der Waals surface area contributed by atoms with Crippen molar-refractivity contribution in [1.29, 1.82) is 0 Å². The summed E-state index contributed by atoms with van der Waals surface area (Å²) in [6.07, 6.45) is -4.56. The summed E-state index contributed by atoms with van der Waals surface area (Å²) >= 11 is 0. The molecule has 0 radical (unpaired) electrons. The Morgan fingerprint density at radius 2 is 1.79 bits per heavy atom. The van der Waals surface area contributed by atoms with Gasteiger partial charge in [-0.15, -0.1) is 0 Å². The number of nitrogens with one attached hydrogen (secondary N) is 1. The molecule has 6 heteroatoms. The van der Waals surface area contributed by atoms with Crippen molar-refractivity contribution in [3.05, 3.63) is 35.4 Å². The molecule has 3 nitrogen and oxygen atoms in total. The fourth-order valence-electron chi connectivity index (χ4n) is 1.63. The normalized spacial score (nSPS) is 15.3. The van der Waals surface area contributed by atoms with Crippen LogP contribution in [0.5, 0.6) is 0 Å². The van der Waals surface area contributed by atoms with Gasteiger partial charge in [0.15, 0.2) is 0 Å². The van der Waals surface area contributed by atoms with E-state index in [1.165, 1.54) is 12.1 Å². The number of alkyl halides is 3. The predicted octanol–water partition coefficient (Wildman–Crippen LogP) is 2.10. The van der Waals surface area contributed by atoms with Crippen molar-refractivity contribution < 1.29 is 23.4 Å². The van der Waals surface area contributed by atoms with Crippen LogP contribution in [0.3, 0.4) is 0 Å². The van der Waals surface area contributed by atoms with E-state index >= 15 is 0 Å². The third-order valence-corrected chi connectivity index (χ3v) is 2.94. The third kappa shape index (κ3) is 4.81. The lowest BCUT2D eigenvalue weighted by Crippen LogP contribution is -2.34. The maximum atomic E-state index is 12.4. The SMILES string of the molecule is CCC(CO)NCC(O)c1ccc(C(F)(F)F)cc1. The van der Waals surface area contributed by atoms with Crippen molar-refractivity contribution in [2.24, 2.45) is 0 Å². The first-order valence-electron chi connectivity index (χ1n) is 6.08. The number of hydrogen-bond acceptors (Lipinski definition) is 3. The molecule has 0 spiro atoms. The summed E-state index contributed by atoms with van der Waals surface area (Å²) in [5.41, 5.74) is -0.327. The van der Waals surface area contributed by atoms with Gasteiger partial charge in [0.1, 0.15) is 0 Å². The first-order valence-corrected chi connectivity index (χ1v) is 6.08. The summed E-state index contributed by atoms with van der Waals surface area (Å²) in [6, 6.07) is 4.29. The fourth-order valence-corrected chi connectivity index (χ4v) is 1.63. The van der Waals surface area contributed by atoms with E-state index in [0.29, 0.717) is 12.0 Å². The molecule has 108 valence electrons. The molecule has 0 saturated carbocycles. The van der Waals surface area contributed by atoms with Crippen LogP contribution in [-0.4, -0.2) is 29.4 Å². The maximum Gasteiger partial charge on any atom is 0.416 e. The molecule has 0 amide bonds. The zero-order chi connectivity index (χ0) is 14.5. The van der Waals surface area contributed by atoms with Gasteiger partial charge in [-0.2, -0.15) is 13.2 Å². The molecule has 1 aromatic carbocycles. The highest BCUT2D eigenvalue weighted by Gasteiger charge is 2.30. The molecule has 0 fully saturated rings. The van der Waals surface area contributed by atoms with Gasteiger partial charge in [0, 0.05) is 12.6 Å². The highest BCUT2D eigenvalue weighted by molar-refractivity contribution is 5.26. The molecule has 0 aliphatic heterocycles. The van der Waals surface area contributed by atoms with E-state index in [1.807, 2.05) is 6.92 Å². The number of aliphatic hydroxyl groups excluding tert-OH is 2. The molecule has 2 unspecified atom stereocenters. The van der Waals surface area contributed by atoms with E-state index in [2.05, 4.69) is 5.32 Å². The Hall–Kier alpha value is -1.11. The van der Waals surface area contributed by atoms with Crippen molar-refractivity contribution in [3.63, 3.8) is 0 Å². The van der Waals surface area contributed by atoms with Crippen molar-refractivity contribution in [1.82, 2.24) is 5.32 Å². The van der Waals surface area contributed by atoms with Crippen LogP contribution in [0.25, 0.3) is 0 Å². The zero-order valence-electron chi connectivity index (χ0n) is 10.6. The van der Waals surface area contributed by atoms with E-state index in [9.17, 15) is 18.3 Å². The number of hydrogen-bond donors (Lipinski definition) is 3. The molecule has 0 bridgehead atoms. The van der Waals surface area contributed by atoms with Gasteiger partial charge in [-0.25, -0.2) is 0 Å². The molecule has 0 aliphatic rings. The molecule has 0 aromatic heterocycles. The lowest BCUT2D eigenvalue weighted by atomic mass is 10.1. The summed E-state index contributed by atoms with van der Waals surface area (Å²) in [7, 11) is 0. The Labute approximate surface area is 110 Å². The standard InChI is InChI=1S/C13H18F3NO2/c1-2-11(8-18)17-7-12(19)9-3-5-10(6-4-9)13(14,15)16/h3-6,11-12,17-19H,2,7-8H2,1H3. The molecule has 2 atom stereocenters. The highest BCUT2D eigenvalue weighted by atomic mass is 19.4. The minimum atomic E-state index is -4.37. The minimum Gasteiger partial charge on any atom is -0.395 e. The number of rotatable bonds is 6. The van der Waals surface area contributed by atoms with Gasteiger partial charge in [0.05, 0.1) is 18.3 Å². The third-order valence-electron chi connectivity index (χ3n) is 2.94. The topological polar surface area (TPSA) is 52.5 Å². The molecule has 1 aromatic rings. The molecule has 0 heterocycles. The Morgan fingerprint density at radius 1 is 1.21 bits per heavy atom. The van der Waals surface area contributed by atoms with Gasteiger partial charge in [-0.1, -0.05) is 19.1 Å². The largest absolute Gasteiger partial charge is 0.416 e. The van der Waals surface area contributed by atoms with Crippen LogP contribution in [-0.2, 0) is 6.18 Å². The molecular formula is C13H18F3NO2. The van der Waals surface area contributed by atoms with Gasteiger partial charge in [-0.05, 0) is 24.1 Å². The second kappa shape index (κ2) is 6.88. The number of benzene rings is 1. The molecule has 19 heavy (non-hydrogen) atoms. The molecule has 1 rings (SSSR count). The Balaban J connectivity index is 2.60. The van der Waals surface area contributed by atoms with Gasteiger partial charge in [0.25, 0.3) is 0 Å². The van der Waals surface area contributed by atoms with E-state index in [4.69, 9.17) is 5.11 Å². The summed E-state index contributed by atoms with van der Waals surface area (Å²) in [5, 5.41) is 21.7. The molecule has 0 saturated heterocycles. The van der Waals surface area contributed by atoms with E-state index in [1.54, 1.807) is 0 Å². The van der Waals surface area contributed by atoms with Crippen LogP contribution >= 0.6 is 0 Å². The van der Waals surface area contributed by atoms with Crippen LogP contribution < -0.4 is 5.32 Å². The number of aliphatic hydroxyl groups is 2. The lowest BCUT2D eigenvalue weighted by Gasteiger charge is -2.18. The van der Waals surface area contributed by atoms with E-state index in [0.717, 1.165) is 12.1 Å². The van der Waals surface area contributed by atoms with Crippen LogP contribution in [0.1, 0.15) is 30.6 Å². The van der Waals surface area contributed by atoms with Crippen LogP contribution in [0.4, 0.5) is 13.2 Å². The Kier molecular flexibility index (Phi) is 5.78. The van der Waals surface area contributed by atoms with Crippen LogP contribution in [0.15, 0.2) is 24.3 Å². The zero-order valence-corrected chi connectivity index (χ0v) is 10.6. The maximum absolute atomic E-state index is 12.4. The second-order valence-corrected chi connectivity index (χ2v) is 4.33. The first-order chi connectivity index (χ1) is 8.88. The second-order valence-electron chi connectivity index (χ2n) is 4.33. The van der Waals surface area contributed by atoms with Crippen molar-refractivity contribution >= 4 is 0 Å². The molecule has 0 aliphatic carbocycles. The quantitative estimate of drug-likeness (QED) is 0.746. The van der Waals surface area contributed by atoms with Crippen molar-refractivity contribution in [2.45, 2.75) is 31.7 Å². The number of halogens is 3. The average Bonchev–Trinajstić information content (AvgIpc) is 2.39. The Bertz CT molecular complexity index is 374. The van der Waals surface area contributed by atoms with E-state index < -0.39 is 17.8 Å².